The van der Waals surface area contributed by atoms with Crippen molar-refractivity contribution in [1.29, 1.82) is 0 Å². The lowest BCUT2D eigenvalue weighted by atomic mass is 10.2. The van der Waals surface area contributed by atoms with E-state index in [0.29, 0.717) is 19.2 Å². The van der Waals surface area contributed by atoms with E-state index in [1.165, 1.54) is 12.8 Å². The molecule has 1 unspecified atom stereocenters. The first-order valence-corrected chi connectivity index (χ1v) is 4.36. The van der Waals surface area contributed by atoms with Crippen LogP contribution in [0.1, 0.15) is 19.8 Å². The highest BCUT2D eigenvalue weighted by molar-refractivity contribution is 5.64. The summed E-state index contributed by atoms with van der Waals surface area (Å²) in [6, 6.07) is 0.543. The van der Waals surface area contributed by atoms with Gasteiger partial charge in [-0.3, -0.25) is 0 Å². The molecule has 0 saturated heterocycles. The van der Waals surface area contributed by atoms with Crippen molar-refractivity contribution < 1.29 is 9.53 Å². The van der Waals surface area contributed by atoms with Gasteiger partial charge in [-0.1, -0.05) is 0 Å². The van der Waals surface area contributed by atoms with E-state index >= 15 is 0 Å². The van der Waals surface area contributed by atoms with Crippen molar-refractivity contribution in [2.45, 2.75) is 25.8 Å². The van der Waals surface area contributed by atoms with Crippen molar-refractivity contribution >= 4 is 6.09 Å². The molecule has 12 heavy (non-hydrogen) atoms. The minimum atomic E-state index is -0.698. The summed E-state index contributed by atoms with van der Waals surface area (Å²) < 4.78 is 4.57. The molecule has 1 rings (SSSR count). The summed E-state index contributed by atoms with van der Waals surface area (Å²) >= 11 is 0. The van der Waals surface area contributed by atoms with Gasteiger partial charge in [0, 0.05) is 12.6 Å². The molecule has 4 nitrogen and oxygen atoms in total. The van der Waals surface area contributed by atoms with Gasteiger partial charge in [0.2, 0.25) is 0 Å². The molecule has 1 aliphatic carbocycles. The molecule has 1 fully saturated rings. The van der Waals surface area contributed by atoms with E-state index in [-0.39, 0.29) is 0 Å². The highest BCUT2D eigenvalue weighted by Crippen LogP contribution is 2.32. The summed E-state index contributed by atoms with van der Waals surface area (Å²) in [5.74, 6) is 0.832. The fourth-order valence-electron chi connectivity index (χ4n) is 1.20. The van der Waals surface area contributed by atoms with Gasteiger partial charge < -0.3 is 15.8 Å². The zero-order valence-corrected chi connectivity index (χ0v) is 7.38. The lowest BCUT2D eigenvalue weighted by molar-refractivity contribution is 0.156. The SMILES string of the molecule is CC(NCCOC(N)=O)C1CC1. The first kappa shape index (κ1) is 9.32. The van der Waals surface area contributed by atoms with Crippen LogP contribution in [0.5, 0.6) is 0 Å². The number of nitrogens with two attached hydrogens (primary N) is 1. The van der Waals surface area contributed by atoms with Crippen LogP contribution in [0.25, 0.3) is 0 Å². The quantitative estimate of drug-likeness (QED) is 0.592. The summed E-state index contributed by atoms with van der Waals surface area (Å²) in [6.07, 6.45) is 1.95. The Labute approximate surface area is 72.5 Å². The number of rotatable bonds is 5. The fraction of sp³-hybridized carbons (Fsp3) is 0.875. The molecule has 3 N–H and O–H groups in total. The summed E-state index contributed by atoms with van der Waals surface area (Å²) in [6.45, 7) is 3.22. The molecule has 0 aromatic carbocycles. The molecular formula is C8H16N2O2. The molecule has 0 aliphatic heterocycles. The molecule has 1 saturated carbocycles. The molecule has 70 valence electrons. The van der Waals surface area contributed by atoms with Crippen LogP contribution in [-0.2, 0) is 4.74 Å². The average molecular weight is 172 g/mol. The van der Waals surface area contributed by atoms with Crippen LogP contribution in [-0.4, -0.2) is 25.3 Å². The van der Waals surface area contributed by atoms with Crippen LogP contribution in [0.15, 0.2) is 0 Å². The summed E-state index contributed by atoms with van der Waals surface area (Å²) in [5.41, 5.74) is 4.79. The molecule has 1 aliphatic rings. The monoisotopic (exact) mass is 172 g/mol. The number of ether oxygens (including phenoxy) is 1. The molecule has 0 aromatic heterocycles. The molecule has 4 heteroatoms. The van der Waals surface area contributed by atoms with Crippen molar-refractivity contribution in [1.82, 2.24) is 5.32 Å². The highest BCUT2D eigenvalue weighted by atomic mass is 16.5. The third kappa shape index (κ3) is 3.57. The zero-order valence-electron chi connectivity index (χ0n) is 7.38. The number of carbonyl (C=O) groups is 1. The Kier molecular flexibility index (Phi) is 3.34. The van der Waals surface area contributed by atoms with E-state index in [2.05, 4.69) is 17.0 Å². The van der Waals surface area contributed by atoms with Gasteiger partial charge in [0.1, 0.15) is 6.61 Å². The second-order valence-corrected chi connectivity index (χ2v) is 3.25. The van der Waals surface area contributed by atoms with E-state index in [1.807, 2.05) is 0 Å². The Hall–Kier alpha value is -0.770. The van der Waals surface area contributed by atoms with Crippen LogP contribution >= 0.6 is 0 Å². The largest absolute Gasteiger partial charge is 0.448 e. The van der Waals surface area contributed by atoms with E-state index < -0.39 is 6.09 Å². The van der Waals surface area contributed by atoms with Gasteiger partial charge in [0.15, 0.2) is 0 Å². The number of primary amides is 1. The molecule has 0 heterocycles. The topological polar surface area (TPSA) is 64.3 Å². The number of hydrogen-bond donors (Lipinski definition) is 2. The first-order valence-electron chi connectivity index (χ1n) is 4.36. The molecular weight excluding hydrogens is 156 g/mol. The van der Waals surface area contributed by atoms with Crippen molar-refractivity contribution in [3.63, 3.8) is 0 Å². The number of amides is 1. The third-order valence-electron chi connectivity index (χ3n) is 2.14. The van der Waals surface area contributed by atoms with E-state index in [4.69, 9.17) is 5.73 Å². The summed E-state index contributed by atoms with van der Waals surface area (Å²) in [7, 11) is 0. The van der Waals surface area contributed by atoms with Crippen molar-refractivity contribution in [2.24, 2.45) is 11.7 Å². The fourth-order valence-corrected chi connectivity index (χ4v) is 1.20. The summed E-state index contributed by atoms with van der Waals surface area (Å²) in [5, 5.41) is 3.27. The van der Waals surface area contributed by atoms with Crippen molar-refractivity contribution in [3.8, 4) is 0 Å². The van der Waals surface area contributed by atoms with Gasteiger partial charge in [-0.15, -0.1) is 0 Å². The molecule has 0 radical (unpaired) electrons. The molecule has 0 aromatic rings. The van der Waals surface area contributed by atoms with Crippen LogP contribution in [0.3, 0.4) is 0 Å². The molecule has 0 spiro atoms. The maximum Gasteiger partial charge on any atom is 0.404 e. The van der Waals surface area contributed by atoms with Crippen molar-refractivity contribution in [3.05, 3.63) is 0 Å². The number of nitrogens with one attached hydrogen (secondary N) is 1. The zero-order chi connectivity index (χ0) is 8.97. The van der Waals surface area contributed by atoms with Gasteiger partial charge in [-0.2, -0.15) is 0 Å². The van der Waals surface area contributed by atoms with Crippen LogP contribution < -0.4 is 11.1 Å². The Morgan fingerprint density at radius 1 is 1.75 bits per heavy atom. The minimum Gasteiger partial charge on any atom is -0.448 e. The Bertz CT molecular complexity index is 157. The van der Waals surface area contributed by atoms with Crippen molar-refractivity contribution in [2.75, 3.05) is 13.2 Å². The summed E-state index contributed by atoms with van der Waals surface area (Å²) in [4.78, 5) is 10.2. The number of hydrogen-bond acceptors (Lipinski definition) is 3. The molecule has 0 bridgehead atoms. The second-order valence-electron chi connectivity index (χ2n) is 3.25. The predicted octanol–water partition coefficient (Wildman–Crippen LogP) is 0.470. The molecule has 1 amide bonds. The highest BCUT2D eigenvalue weighted by Gasteiger charge is 2.27. The van der Waals surface area contributed by atoms with E-state index in [0.717, 1.165) is 5.92 Å². The van der Waals surface area contributed by atoms with Crippen LogP contribution in [0.2, 0.25) is 0 Å². The van der Waals surface area contributed by atoms with Crippen LogP contribution in [0, 0.1) is 5.92 Å². The predicted molar refractivity (Wildman–Crippen MR) is 45.7 cm³/mol. The van der Waals surface area contributed by atoms with E-state index in [1.54, 1.807) is 0 Å². The smallest absolute Gasteiger partial charge is 0.404 e. The van der Waals surface area contributed by atoms with Crippen LogP contribution in [0.4, 0.5) is 4.79 Å². The van der Waals surface area contributed by atoms with E-state index in [9.17, 15) is 4.79 Å². The maximum absolute atomic E-state index is 10.2. The Balaban J connectivity index is 1.90. The van der Waals surface area contributed by atoms with Gasteiger partial charge in [-0.05, 0) is 25.7 Å². The van der Waals surface area contributed by atoms with Gasteiger partial charge in [-0.25, -0.2) is 4.79 Å². The maximum atomic E-state index is 10.2. The minimum absolute atomic E-state index is 0.367. The van der Waals surface area contributed by atoms with Gasteiger partial charge in [0.05, 0.1) is 0 Å². The lowest BCUT2D eigenvalue weighted by Crippen LogP contribution is -2.32. The number of carbonyl (C=O) groups excluding carboxylic acids is 1. The Morgan fingerprint density at radius 3 is 2.92 bits per heavy atom. The normalized spacial score (nSPS) is 18.8. The first-order chi connectivity index (χ1) is 5.70. The van der Waals surface area contributed by atoms with Gasteiger partial charge in [0.25, 0.3) is 0 Å². The Morgan fingerprint density at radius 2 is 2.42 bits per heavy atom. The lowest BCUT2D eigenvalue weighted by Gasteiger charge is -2.11. The second kappa shape index (κ2) is 4.30. The third-order valence-corrected chi connectivity index (χ3v) is 2.14. The standard InChI is InChI=1S/C8H16N2O2/c1-6(7-2-3-7)10-4-5-12-8(9)11/h6-7,10H,2-5H2,1H3,(H2,9,11). The molecule has 1 atom stereocenters. The van der Waals surface area contributed by atoms with Gasteiger partial charge >= 0.3 is 6.09 Å². The average Bonchev–Trinajstić information content (AvgIpc) is 2.79.